The van der Waals surface area contributed by atoms with E-state index in [9.17, 15) is 5.11 Å². The van der Waals surface area contributed by atoms with E-state index in [1.165, 1.54) is 37.4 Å². The summed E-state index contributed by atoms with van der Waals surface area (Å²) in [6.07, 6.45) is 7.15. The Balaban J connectivity index is 4.76. The Kier molecular flexibility index (Phi) is 8.95. The minimum absolute atomic E-state index is 0.326. The van der Waals surface area contributed by atoms with E-state index in [4.69, 9.17) is 0 Å². The third-order valence-corrected chi connectivity index (χ3v) is 9.92. The zero-order valence-electron chi connectivity index (χ0n) is 11.7. The summed E-state index contributed by atoms with van der Waals surface area (Å²) in [5.74, 6) is 0. The summed E-state index contributed by atoms with van der Waals surface area (Å²) in [6, 6.07) is 3.99. The zero-order valence-corrected chi connectivity index (χ0v) is 12.7. The molecule has 0 rings (SSSR count). The second-order valence-electron chi connectivity index (χ2n) is 4.69. The SMILES string of the molecule is CCCC/C=C(/CCO)[Si](CC)(CC)CC. The first kappa shape index (κ1) is 15.9. The number of aliphatic hydroxyl groups excluding tert-OH is 1. The Labute approximate surface area is 103 Å². The van der Waals surface area contributed by atoms with Crippen molar-refractivity contribution in [2.45, 2.75) is 71.5 Å². The smallest absolute Gasteiger partial charge is 0.0804 e. The molecule has 1 N–H and O–H groups in total. The largest absolute Gasteiger partial charge is 0.396 e. The van der Waals surface area contributed by atoms with Crippen LogP contribution in [-0.2, 0) is 0 Å². The predicted octanol–water partition coefficient (Wildman–Crippen LogP) is 4.53. The fourth-order valence-corrected chi connectivity index (χ4v) is 6.70. The molecule has 0 aromatic heterocycles. The molecule has 96 valence electrons. The maximum atomic E-state index is 9.22. The van der Waals surface area contributed by atoms with Crippen molar-refractivity contribution in [3.63, 3.8) is 0 Å². The third kappa shape index (κ3) is 4.42. The van der Waals surface area contributed by atoms with Gasteiger partial charge in [0, 0.05) is 6.61 Å². The first-order valence-electron chi connectivity index (χ1n) is 7.01. The van der Waals surface area contributed by atoms with Crippen LogP contribution < -0.4 is 0 Å². The number of hydrogen-bond acceptors (Lipinski definition) is 1. The first-order chi connectivity index (χ1) is 7.70. The van der Waals surface area contributed by atoms with Crippen LogP contribution >= 0.6 is 0 Å². The Morgan fingerprint density at radius 2 is 1.62 bits per heavy atom. The van der Waals surface area contributed by atoms with E-state index < -0.39 is 8.07 Å². The molecule has 0 radical (unpaired) electrons. The Morgan fingerprint density at radius 3 is 2.00 bits per heavy atom. The highest BCUT2D eigenvalue weighted by molar-refractivity contribution is 6.86. The second-order valence-corrected chi connectivity index (χ2v) is 10.0. The topological polar surface area (TPSA) is 20.2 Å². The van der Waals surface area contributed by atoms with Gasteiger partial charge < -0.3 is 5.11 Å². The van der Waals surface area contributed by atoms with Crippen molar-refractivity contribution in [3.8, 4) is 0 Å². The fraction of sp³-hybridized carbons (Fsp3) is 0.857. The molecule has 0 aromatic carbocycles. The quantitative estimate of drug-likeness (QED) is 0.465. The molecule has 0 amide bonds. The van der Waals surface area contributed by atoms with Gasteiger partial charge in [0.05, 0.1) is 8.07 Å². The van der Waals surface area contributed by atoms with Crippen molar-refractivity contribution < 1.29 is 5.11 Å². The van der Waals surface area contributed by atoms with Crippen molar-refractivity contribution in [3.05, 3.63) is 11.3 Å². The molecule has 0 aliphatic rings. The molecule has 0 heterocycles. The van der Waals surface area contributed by atoms with Gasteiger partial charge in [0.2, 0.25) is 0 Å². The van der Waals surface area contributed by atoms with E-state index in [1.54, 1.807) is 5.20 Å². The van der Waals surface area contributed by atoms with Crippen molar-refractivity contribution in [2.75, 3.05) is 6.61 Å². The molecule has 0 saturated heterocycles. The molecular formula is C14H30OSi. The van der Waals surface area contributed by atoms with Gasteiger partial charge in [-0.3, -0.25) is 0 Å². The van der Waals surface area contributed by atoms with Gasteiger partial charge in [0.25, 0.3) is 0 Å². The lowest BCUT2D eigenvalue weighted by atomic mass is 10.2. The molecule has 0 unspecified atom stereocenters. The van der Waals surface area contributed by atoms with Crippen LogP contribution in [0.4, 0.5) is 0 Å². The summed E-state index contributed by atoms with van der Waals surface area (Å²) in [5, 5.41) is 10.9. The Hall–Kier alpha value is -0.0831. The van der Waals surface area contributed by atoms with Gasteiger partial charge in [-0.2, -0.15) is 0 Å². The summed E-state index contributed by atoms with van der Waals surface area (Å²) < 4.78 is 0. The van der Waals surface area contributed by atoms with Gasteiger partial charge in [-0.25, -0.2) is 0 Å². The van der Waals surface area contributed by atoms with Crippen molar-refractivity contribution in [1.29, 1.82) is 0 Å². The maximum Gasteiger partial charge on any atom is 0.0804 e. The zero-order chi connectivity index (χ0) is 12.4. The third-order valence-electron chi connectivity index (χ3n) is 4.04. The molecule has 2 heteroatoms. The average molecular weight is 242 g/mol. The van der Waals surface area contributed by atoms with Gasteiger partial charge in [0.1, 0.15) is 0 Å². The molecule has 0 saturated carbocycles. The summed E-state index contributed by atoms with van der Waals surface area (Å²) in [5.41, 5.74) is 0. The van der Waals surface area contributed by atoms with E-state index in [0.29, 0.717) is 6.61 Å². The van der Waals surface area contributed by atoms with Crippen molar-refractivity contribution in [2.24, 2.45) is 0 Å². The second kappa shape index (κ2) is 9.00. The summed E-state index contributed by atoms with van der Waals surface area (Å²) in [4.78, 5) is 0. The predicted molar refractivity (Wildman–Crippen MR) is 76.5 cm³/mol. The summed E-state index contributed by atoms with van der Waals surface area (Å²) in [6.45, 7) is 9.58. The normalized spacial score (nSPS) is 13.2. The standard InChI is InChI=1S/C14H30OSi/c1-5-9-10-11-14(12-13-15)16(6-2,7-3)8-4/h11,15H,5-10,12-13H2,1-4H3/b14-11-. The van der Waals surface area contributed by atoms with Crippen LogP contribution in [0.15, 0.2) is 11.3 Å². The van der Waals surface area contributed by atoms with Gasteiger partial charge in [-0.15, -0.1) is 0 Å². The average Bonchev–Trinajstić information content (AvgIpc) is 2.32. The molecule has 16 heavy (non-hydrogen) atoms. The molecule has 0 aliphatic carbocycles. The Bertz CT molecular complexity index is 187. The van der Waals surface area contributed by atoms with Crippen LogP contribution in [0.1, 0.15) is 53.4 Å². The minimum Gasteiger partial charge on any atom is -0.396 e. The van der Waals surface area contributed by atoms with Crippen LogP contribution in [-0.4, -0.2) is 19.8 Å². The van der Waals surface area contributed by atoms with Gasteiger partial charge in [-0.1, -0.05) is 69.9 Å². The molecule has 0 spiro atoms. The molecule has 0 fully saturated rings. The molecule has 0 aliphatic heterocycles. The number of rotatable bonds is 9. The lowest BCUT2D eigenvalue weighted by molar-refractivity contribution is 0.301. The van der Waals surface area contributed by atoms with Crippen LogP contribution in [0.2, 0.25) is 18.1 Å². The van der Waals surface area contributed by atoms with E-state index in [1.807, 2.05) is 0 Å². The van der Waals surface area contributed by atoms with E-state index >= 15 is 0 Å². The number of hydrogen-bond donors (Lipinski definition) is 1. The number of unbranched alkanes of at least 4 members (excludes halogenated alkanes) is 2. The highest BCUT2D eigenvalue weighted by Crippen LogP contribution is 2.31. The maximum absolute atomic E-state index is 9.22. The van der Waals surface area contributed by atoms with E-state index in [0.717, 1.165) is 6.42 Å². The highest BCUT2D eigenvalue weighted by Gasteiger charge is 2.30. The monoisotopic (exact) mass is 242 g/mol. The van der Waals surface area contributed by atoms with Crippen LogP contribution in [0.5, 0.6) is 0 Å². The summed E-state index contributed by atoms with van der Waals surface area (Å²) >= 11 is 0. The van der Waals surface area contributed by atoms with Crippen molar-refractivity contribution >= 4 is 8.07 Å². The van der Waals surface area contributed by atoms with Gasteiger partial charge in [0.15, 0.2) is 0 Å². The molecule has 1 nitrogen and oxygen atoms in total. The molecular weight excluding hydrogens is 212 g/mol. The summed E-state index contributed by atoms with van der Waals surface area (Å²) in [7, 11) is -1.22. The first-order valence-corrected chi connectivity index (χ1v) is 9.63. The Morgan fingerprint density at radius 1 is 1.06 bits per heavy atom. The number of aliphatic hydroxyl groups is 1. The highest BCUT2D eigenvalue weighted by atomic mass is 28.3. The molecule has 0 atom stereocenters. The van der Waals surface area contributed by atoms with E-state index in [2.05, 4.69) is 33.8 Å². The van der Waals surface area contributed by atoms with E-state index in [-0.39, 0.29) is 0 Å². The van der Waals surface area contributed by atoms with Gasteiger partial charge >= 0.3 is 0 Å². The minimum atomic E-state index is -1.22. The van der Waals surface area contributed by atoms with Gasteiger partial charge in [-0.05, 0) is 12.8 Å². The lowest BCUT2D eigenvalue weighted by Gasteiger charge is -2.31. The van der Waals surface area contributed by atoms with Crippen LogP contribution in [0.3, 0.4) is 0 Å². The van der Waals surface area contributed by atoms with Crippen molar-refractivity contribution in [1.82, 2.24) is 0 Å². The molecule has 0 aromatic rings. The van der Waals surface area contributed by atoms with Crippen LogP contribution in [0.25, 0.3) is 0 Å². The fourth-order valence-electron chi connectivity index (χ4n) is 2.62. The van der Waals surface area contributed by atoms with Crippen LogP contribution in [0, 0.1) is 0 Å². The lowest BCUT2D eigenvalue weighted by Crippen LogP contribution is -2.35. The number of allylic oxidation sites excluding steroid dienone is 1. The molecule has 0 bridgehead atoms.